The number of sulfonamides is 1. The van der Waals surface area contributed by atoms with Crippen molar-refractivity contribution in [3.63, 3.8) is 0 Å². The molecule has 1 N–H and O–H groups in total. The van der Waals surface area contributed by atoms with Crippen molar-refractivity contribution in [1.29, 1.82) is 0 Å². The predicted octanol–water partition coefficient (Wildman–Crippen LogP) is 3.48. The third kappa shape index (κ3) is 3.72. The van der Waals surface area contributed by atoms with Gasteiger partial charge in [0.1, 0.15) is 11.5 Å². The zero-order valence-electron chi connectivity index (χ0n) is 15.1. The van der Waals surface area contributed by atoms with Crippen LogP contribution in [0, 0.1) is 5.92 Å². The molecule has 1 saturated carbocycles. The first-order valence-corrected chi connectivity index (χ1v) is 10.9. The Kier molecular flexibility index (Phi) is 4.90. The molecular formula is C20H26N2O3S. The van der Waals surface area contributed by atoms with E-state index in [4.69, 9.17) is 4.42 Å². The maximum absolute atomic E-state index is 12.5. The molecule has 0 amide bonds. The molecule has 1 aromatic heterocycles. The van der Waals surface area contributed by atoms with E-state index in [0.717, 1.165) is 35.8 Å². The lowest BCUT2D eigenvalue weighted by Crippen LogP contribution is -2.27. The highest BCUT2D eigenvalue weighted by Gasteiger charge is 2.36. The van der Waals surface area contributed by atoms with Crippen molar-refractivity contribution in [2.75, 3.05) is 13.1 Å². The molecule has 6 heteroatoms. The average molecular weight is 375 g/mol. The highest BCUT2D eigenvalue weighted by Crippen LogP contribution is 2.47. The molecule has 2 heterocycles. The van der Waals surface area contributed by atoms with Crippen LogP contribution in [0.3, 0.4) is 0 Å². The Morgan fingerprint density at radius 3 is 2.42 bits per heavy atom. The zero-order valence-corrected chi connectivity index (χ0v) is 16.0. The van der Waals surface area contributed by atoms with Gasteiger partial charge in [0.15, 0.2) is 0 Å². The Morgan fingerprint density at radius 2 is 1.77 bits per heavy atom. The summed E-state index contributed by atoms with van der Waals surface area (Å²) in [7, 11) is -3.33. The number of hydrogen-bond acceptors (Lipinski definition) is 4. The first kappa shape index (κ1) is 17.8. The standard InChI is InChI=1S/C20H26N2O3S/c1-15-12-19(15)20-9-6-17(25-20)14-21-13-16-4-7-18(8-5-16)26(23,24)22-10-2-3-11-22/h4-9,15,19,21H,2-3,10-14H2,1H3. The number of rotatable bonds is 7. The quantitative estimate of drug-likeness (QED) is 0.806. The Balaban J connectivity index is 1.31. The van der Waals surface area contributed by atoms with E-state index >= 15 is 0 Å². The minimum Gasteiger partial charge on any atom is -0.464 e. The van der Waals surface area contributed by atoms with Crippen molar-refractivity contribution in [2.45, 2.75) is 50.1 Å². The summed E-state index contributed by atoms with van der Waals surface area (Å²) in [5.41, 5.74) is 1.06. The monoisotopic (exact) mass is 374 g/mol. The molecule has 2 aromatic rings. The smallest absolute Gasteiger partial charge is 0.243 e. The Morgan fingerprint density at radius 1 is 1.08 bits per heavy atom. The molecular weight excluding hydrogens is 348 g/mol. The van der Waals surface area contributed by atoms with Crippen LogP contribution < -0.4 is 5.32 Å². The summed E-state index contributed by atoms with van der Waals surface area (Å²) >= 11 is 0. The summed E-state index contributed by atoms with van der Waals surface area (Å²) in [6.45, 7) is 4.88. The Labute approximate surface area is 155 Å². The fourth-order valence-electron chi connectivity index (χ4n) is 3.59. The summed E-state index contributed by atoms with van der Waals surface area (Å²) in [5.74, 6) is 3.41. The topological polar surface area (TPSA) is 62.6 Å². The van der Waals surface area contributed by atoms with Crippen molar-refractivity contribution in [2.24, 2.45) is 5.92 Å². The first-order valence-electron chi connectivity index (χ1n) is 9.42. The molecule has 26 heavy (non-hydrogen) atoms. The van der Waals surface area contributed by atoms with Gasteiger partial charge in [-0.05, 0) is 55.0 Å². The average Bonchev–Trinajstić information content (AvgIpc) is 3.08. The zero-order chi connectivity index (χ0) is 18.1. The fourth-order valence-corrected chi connectivity index (χ4v) is 5.11. The fraction of sp³-hybridized carbons (Fsp3) is 0.500. The van der Waals surface area contributed by atoms with E-state index in [-0.39, 0.29) is 0 Å². The molecule has 0 spiro atoms. The SMILES string of the molecule is CC1CC1c1ccc(CNCc2ccc(S(=O)(=O)N3CCCC3)cc2)o1. The lowest BCUT2D eigenvalue weighted by molar-refractivity contribution is 0.444. The molecule has 2 unspecified atom stereocenters. The van der Waals surface area contributed by atoms with Gasteiger partial charge in [0.2, 0.25) is 10.0 Å². The lowest BCUT2D eigenvalue weighted by atomic mass is 10.2. The number of benzene rings is 1. The summed E-state index contributed by atoms with van der Waals surface area (Å²) in [6, 6.07) is 11.3. The van der Waals surface area contributed by atoms with Crippen molar-refractivity contribution >= 4 is 10.0 Å². The van der Waals surface area contributed by atoms with E-state index in [1.165, 1.54) is 6.42 Å². The van der Waals surface area contributed by atoms with Crippen LogP contribution in [0.2, 0.25) is 0 Å². The van der Waals surface area contributed by atoms with Crippen molar-refractivity contribution < 1.29 is 12.8 Å². The molecule has 0 radical (unpaired) electrons. The van der Waals surface area contributed by atoms with Crippen molar-refractivity contribution in [3.05, 3.63) is 53.5 Å². The minimum atomic E-state index is -3.33. The number of nitrogens with one attached hydrogen (secondary N) is 1. The van der Waals surface area contributed by atoms with Crippen LogP contribution in [0.15, 0.2) is 45.7 Å². The molecule has 5 nitrogen and oxygen atoms in total. The van der Waals surface area contributed by atoms with E-state index in [0.29, 0.717) is 37.0 Å². The molecule has 0 bridgehead atoms. The normalized spacial score (nSPS) is 23.4. The Bertz CT molecular complexity index is 851. The summed E-state index contributed by atoms with van der Waals surface area (Å²) in [6.07, 6.45) is 3.14. The molecule has 1 aromatic carbocycles. The van der Waals surface area contributed by atoms with Gasteiger partial charge in [0.05, 0.1) is 11.4 Å². The predicted molar refractivity (Wildman–Crippen MR) is 100 cm³/mol. The van der Waals surface area contributed by atoms with Crippen molar-refractivity contribution in [1.82, 2.24) is 9.62 Å². The number of furan rings is 1. The van der Waals surface area contributed by atoms with E-state index in [9.17, 15) is 8.42 Å². The lowest BCUT2D eigenvalue weighted by Gasteiger charge is -2.15. The second-order valence-electron chi connectivity index (χ2n) is 7.48. The van der Waals surface area contributed by atoms with Gasteiger partial charge >= 0.3 is 0 Å². The van der Waals surface area contributed by atoms with E-state index < -0.39 is 10.0 Å². The second kappa shape index (κ2) is 7.18. The molecule has 4 rings (SSSR count). The first-order chi connectivity index (χ1) is 12.5. The van der Waals surface area contributed by atoms with Gasteiger partial charge in [-0.3, -0.25) is 0 Å². The van der Waals surface area contributed by atoms with Crippen LogP contribution in [0.4, 0.5) is 0 Å². The van der Waals surface area contributed by atoms with E-state index in [1.54, 1.807) is 16.4 Å². The molecule has 140 valence electrons. The van der Waals surface area contributed by atoms with Crippen LogP contribution in [0.25, 0.3) is 0 Å². The molecule has 2 aliphatic rings. The van der Waals surface area contributed by atoms with Crippen LogP contribution in [-0.4, -0.2) is 25.8 Å². The molecule has 2 atom stereocenters. The second-order valence-corrected chi connectivity index (χ2v) is 9.42. The summed E-state index contributed by atoms with van der Waals surface area (Å²) < 4.78 is 32.5. The highest BCUT2D eigenvalue weighted by molar-refractivity contribution is 7.89. The third-order valence-electron chi connectivity index (χ3n) is 5.41. The number of nitrogens with zero attached hydrogens (tertiary/aromatic N) is 1. The Hall–Kier alpha value is -1.63. The van der Waals surface area contributed by atoms with Gasteiger partial charge in [0, 0.05) is 25.6 Å². The van der Waals surface area contributed by atoms with Gasteiger partial charge in [-0.1, -0.05) is 19.1 Å². The van der Waals surface area contributed by atoms with Crippen molar-refractivity contribution in [3.8, 4) is 0 Å². The molecule has 1 aliphatic carbocycles. The van der Waals surface area contributed by atoms with Gasteiger partial charge in [-0.2, -0.15) is 4.31 Å². The highest BCUT2D eigenvalue weighted by atomic mass is 32.2. The van der Waals surface area contributed by atoms with Gasteiger partial charge < -0.3 is 9.73 Å². The van der Waals surface area contributed by atoms with Gasteiger partial charge in [-0.15, -0.1) is 0 Å². The number of hydrogen-bond donors (Lipinski definition) is 1. The van der Waals surface area contributed by atoms with E-state index in [2.05, 4.69) is 18.3 Å². The molecule has 1 aliphatic heterocycles. The minimum absolute atomic E-state index is 0.386. The summed E-state index contributed by atoms with van der Waals surface area (Å²) in [4.78, 5) is 0.386. The maximum atomic E-state index is 12.5. The van der Waals surface area contributed by atoms with Crippen LogP contribution in [0.1, 0.15) is 49.2 Å². The van der Waals surface area contributed by atoms with Gasteiger partial charge in [0.25, 0.3) is 0 Å². The molecule has 2 fully saturated rings. The van der Waals surface area contributed by atoms with E-state index in [1.807, 2.05) is 18.2 Å². The summed E-state index contributed by atoms with van der Waals surface area (Å²) in [5, 5.41) is 3.36. The van der Waals surface area contributed by atoms with Crippen LogP contribution >= 0.6 is 0 Å². The maximum Gasteiger partial charge on any atom is 0.243 e. The van der Waals surface area contributed by atoms with Crippen LogP contribution in [-0.2, 0) is 23.1 Å². The van der Waals surface area contributed by atoms with Crippen LogP contribution in [0.5, 0.6) is 0 Å². The van der Waals surface area contributed by atoms with Gasteiger partial charge in [-0.25, -0.2) is 8.42 Å². The third-order valence-corrected chi connectivity index (χ3v) is 7.32. The molecule has 1 saturated heterocycles. The largest absolute Gasteiger partial charge is 0.464 e.